The molecule has 1 heterocycles. The van der Waals surface area contributed by atoms with Crippen molar-refractivity contribution in [1.29, 1.82) is 0 Å². The minimum absolute atomic E-state index is 0.120. The van der Waals surface area contributed by atoms with E-state index < -0.39 is 10.0 Å². The van der Waals surface area contributed by atoms with Crippen molar-refractivity contribution < 1.29 is 13.2 Å². The predicted molar refractivity (Wildman–Crippen MR) is 102 cm³/mol. The molecule has 0 bridgehead atoms. The molecule has 2 aromatic rings. The highest BCUT2D eigenvalue weighted by molar-refractivity contribution is 7.92. The molecule has 0 radical (unpaired) electrons. The molecular formula is C18H20ClN3O3S. The van der Waals surface area contributed by atoms with Gasteiger partial charge in [0.05, 0.1) is 16.1 Å². The molecule has 1 fully saturated rings. The number of carbonyl (C=O) groups is 1. The van der Waals surface area contributed by atoms with Crippen molar-refractivity contribution >= 4 is 33.2 Å². The maximum Gasteiger partial charge on any atom is 0.261 e. The number of nitrogens with one attached hydrogen (secondary N) is 2. The van der Waals surface area contributed by atoms with E-state index in [1.165, 1.54) is 18.2 Å². The molecular weight excluding hydrogens is 374 g/mol. The van der Waals surface area contributed by atoms with Crippen molar-refractivity contribution in [3.63, 3.8) is 0 Å². The molecule has 0 aromatic heterocycles. The van der Waals surface area contributed by atoms with Crippen LogP contribution in [0.25, 0.3) is 0 Å². The molecule has 2 aromatic carbocycles. The van der Waals surface area contributed by atoms with Crippen molar-refractivity contribution in [2.45, 2.75) is 17.9 Å². The van der Waals surface area contributed by atoms with Crippen LogP contribution in [-0.2, 0) is 10.0 Å². The quantitative estimate of drug-likeness (QED) is 0.836. The normalized spacial score (nSPS) is 17.8. The third kappa shape index (κ3) is 4.17. The van der Waals surface area contributed by atoms with Gasteiger partial charge < -0.3 is 10.2 Å². The molecule has 2 N–H and O–H groups in total. The number of anilines is 1. The third-order valence-corrected chi connectivity index (χ3v) is 5.78. The van der Waals surface area contributed by atoms with Gasteiger partial charge in [-0.25, -0.2) is 8.42 Å². The molecule has 3 rings (SSSR count). The van der Waals surface area contributed by atoms with E-state index in [-0.39, 0.29) is 28.1 Å². The second kappa shape index (κ2) is 7.65. The summed E-state index contributed by atoms with van der Waals surface area (Å²) in [6.07, 6.45) is 0. The average molecular weight is 394 g/mol. The van der Waals surface area contributed by atoms with Crippen LogP contribution >= 0.6 is 11.6 Å². The van der Waals surface area contributed by atoms with Gasteiger partial charge in [0.1, 0.15) is 0 Å². The van der Waals surface area contributed by atoms with E-state index >= 15 is 0 Å². The van der Waals surface area contributed by atoms with Crippen LogP contribution in [0.2, 0.25) is 5.02 Å². The maximum absolute atomic E-state index is 12.9. The second-order valence-corrected chi connectivity index (χ2v) is 8.33. The third-order valence-electron chi connectivity index (χ3n) is 4.17. The first kappa shape index (κ1) is 18.7. The minimum atomic E-state index is -3.82. The summed E-state index contributed by atoms with van der Waals surface area (Å²) in [5.74, 6) is -0.222. The Morgan fingerprint density at radius 3 is 2.65 bits per heavy atom. The van der Waals surface area contributed by atoms with Crippen LogP contribution in [-0.4, -0.2) is 44.9 Å². The Bertz CT molecular complexity index is 903. The van der Waals surface area contributed by atoms with Crippen molar-refractivity contribution in [2.75, 3.05) is 24.4 Å². The van der Waals surface area contributed by atoms with Gasteiger partial charge in [-0.3, -0.25) is 9.52 Å². The number of nitrogens with zero attached hydrogens (tertiary/aromatic N) is 1. The molecule has 1 saturated heterocycles. The second-order valence-electron chi connectivity index (χ2n) is 6.21. The first-order valence-electron chi connectivity index (χ1n) is 8.27. The highest BCUT2D eigenvalue weighted by Crippen LogP contribution is 2.25. The van der Waals surface area contributed by atoms with Gasteiger partial charge in [0.15, 0.2) is 0 Å². The zero-order valence-electron chi connectivity index (χ0n) is 14.3. The van der Waals surface area contributed by atoms with E-state index in [0.29, 0.717) is 24.7 Å². The first-order valence-corrected chi connectivity index (χ1v) is 10.1. The summed E-state index contributed by atoms with van der Waals surface area (Å²) >= 11 is 6.04. The van der Waals surface area contributed by atoms with Gasteiger partial charge in [-0.1, -0.05) is 29.8 Å². The van der Waals surface area contributed by atoms with E-state index in [1.807, 2.05) is 6.92 Å². The molecule has 26 heavy (non-hydrogen) atoms. The minimum Gasteiger partial charge on any atom is -0.336 e. The number of carbonyl (C=O) groups excluding carboxylic acids is 1. The summed E-state index contributed by atoms with van der Waals surface area (Å²) in [4.78, 5) is 14.8. The van der Waals surface area contributed by atoms with Crippen molar-refractivity contribution in [2.24, 2.45) is 0 Å². The molecule has 8 heteroatoms. The summed E-state index contributed by atoms with van der Waals surface area (Å²) in [5, 5.41) is 3.62. The van der Waals surface area contributed by atoms with Gasteiger partial charge >= 0.3 is 0 Å². The largest absolute Gasteiger partial charge is 0.336 e. The van der Waals surface area contributed by atoms with Crippen LogP contribution in [0.4, 0.5) is 5.69 Å². The summed E-state index contributed by atoms with van der Waals surface area (Å²) in [7, 11) is -3.82. The Kier molecular flexibility index (Phi) is 5.50. The average Bonchev–Trinajstić information content (AvgIpc) is 2.62. The molecule has 1 atom stereocenters. The van der Waals surface area contributed by atoms with Gasteiger partial charge in [0.2, 0.25) is 0 Å². The van der Waals surface area contributed by atoms with E-state index in [9.17, 15) is 13.2 Å². The van der Waals surface area contributed by atoms with Gasteiger partial charge in [-0.15, -0.1) is 0 Å². The fourth-order valence-electron chi connectivity index (χ4n) is 2.88. The highest BCUT2D eigenvalue weighted by atomic mass is 35.5. The highest BCUT2D eigenvalue weighted by Gasteiger charge is 2.25. The molecule has 138 valence electrons. The number of hydrogen-bond acceptors (Lipinski definition) is 4. The summed E-state index contributed by atoms with van der Waals surface area (Å²) in [6, 6.07) is 12.8. The molecule has 1 amide bonds. The number of hydrogen-bond donors (Lipinski definition) is 2. The number of benzene rings is 2. The zero-order valence-corrected chi connectivity index (χ0v) is 15.8. The van der Waals surface area contributed by atoms with Crippen molar-refractivity contribution in [1.82, 2.24) is 10.2 Å². The van der Waals surface area contributed by atoms with Crippen LogP contribution < -0.4 is 10.0 Å². The summed E-state index contributed by atoms with van der Waals surface area (Å²) in [5.41, 5.74) is 0.459. The summed E-state index contributed by atoms with van der Waals surface area (Å²) < 4.78 is 27.8. The Morgan fingerprint density at radius 2 is 1.96 bits per heavy atom. The number of halogens is 1. The Morgan fingerprint density at radius 1 is 1.23 bits per heavy atom. The number of rotatable bonds is 4. The SMILES string of the molecule is CC1CN(C(=O)c2ccc(Cl)cc2NS(=O)(=O)c2ccccc2)CCN1. The van der Waals surface area contributed by atoms with Crippen LogP contribution in [0, 0.1) is 0 Å². The Balaban J connectivity index is 1.92. The van der Waals surface area contributed by atoms with Crippen LogP contribution in [0.3, 0.4) is 0 Å². The van der Waals surface area contributed by atoms with Crippen molar-refractivity contribution in [3.05, 3.63) is 59.1 Å². The first-order chi connectivity index (χ1) is 12.4. The molecule has 0 aliphatic carbocycles. The van der Waals surface area contributed by atoms with Gasteiger partial charge in [-0.05, 0) is 37.3 Å². The van der Waals surface area contributed by atoms with Crippen molar-refractivity contribution in [3.8, 4) is 0 Å². The predicted octanol–water partition coefficient (Wildman–Crippen LogP) is 2.57. The molecule has 1 aliphatic rings. The Hall–Kier alpha value is -2.09. The fraction of sp³-hybridized carbons (Fsp3) is 0.278. The Labute approximate surface area is 158 Å². The lowest BCUT2D eigenvalue weighted by atomic mass is 10.1. The lowest BCUT2D eigenvalue weighted by Crippen LogP contribution is -2.51. The summed E-state index contributed by atoms with van der Waals surface area (Å²) in [6.45, 7) is 3.83. The maximum atomic E-state index is 12.9. The number of piperazine rings is 1. The number of amides is 1. The fourth-order valence-corrected chi connectivity index (χ4v) is 4.14. The van der Waals surface area contributed by atoms with Crippen LogP contribution in [0.15, 0.2) is 53.4 Å². The topological polar surface area (TPSA) is 78.5 Å². The molecule has 0 saturated carbocycles. The van der Waals surface area contributed by atoms with Gasteiger partial charge in [0.25, 0.3) is 15.9 Å². The van der Waals surface area contributed by atoms with Gasteiger partial charge in [-0.2, -0.15) is 0 Å². The molecule has 6 nitrogen and oxygen atoms in total. The van der Waals surface area contributed by atoms with Crippen LogP contribution in [0.5, 0.6) is 0 Å². The van der Waals surface area contributed by atoms with Gasteiger partial charge in [0, 0.05) is 30.7 Å². The van der Waals surface area contributed by atoms with Crippen LogP contribution in [0.1, 0.15) is 17.3 Å². The van der Waals surface area contributed by atoms with E-state index in [1.54, 1.807) is 35.2 Å². The molecule has 1 unspecified atom stereocenters. The van der Waals surface area contributed by atoms with E-state index in [0.717, 1.165) is 0 Å². The standard InChI is InChI=1S/C18H20ClN3O3S/c1-13-12-22(10-9-20-13)18(23)16-8-7-14(19)11-17(16)21-26(24,25)15-5-3-2-4-6-15/h2-8,11,13,20-21H,9-10,12H2,1H3. The number of sulfonamides is 1. The van der Waals surface area contributed by atoms with E-state index in [4.69, 9.17) is 11.6 Å². The van der Waals surface area contributed by atoms with E-state index in [2.05, 4.69) is 10.0 Å². The monoisotopic (exact) mass is 393 g/mol. The molecule has 0 spiro atoms. The molecule has 1 aliphatic heterocycles. The smallest absolute Gasteiger partial charge is 0.261 e. The zero-order chi connectivity index (χ0) is 18.7. The lowest BCUT2D eigenvalue weighted by molar-refractivity contribution is 0.0710. The lowest BCUT2D eigenvalue weighted by Gasteiger charge is -2.32.